The number of carbonyl (C=O) groups is 1. The first-order chi connectivity index (χ1) is 18.9. The van der Waals surface area contributed by atoms with Gasteiger partial charge in [0.25, 0.3) is 11.5 Å². The van der Waals surface area contributed by atoms with E-state index in [0.717, 1.165) is 51.4 Å². The lowest BCUT2D eigenvalue weighted by atomic mass is 10.1. The second kappa shape index (κ2) is 11.4. The molecule has 204 valence electrons. The third-order valence-electron chi connectivity index (χ3n) is 7.32. The minimum absolute atomic E-state index is 0.00408. The number of amides is 1. The molecular formula is C28H31F2N7O2. The first-order valence-corrected chi connectivity index (χ1v) is 13.2. The summed E-state index contributed by atoms with van der Waals surface area (Å²) >= 11 is 0. The standard InChI is InChI=1S/C28H31F2N7O2/c1-3-34(4-2)9-10-35-11-13-36(14-12-35)28(39)19-5-7-21(8-6-19)37-18-26(32-33-37)22-15-20-16-23(29)24(30)17-25(20)31-27(22)38/h5-8,15-18H,3-4,9-14H2,1-2H3,(H,31,38). The number of halogens is 2. The fourth-order valence-corrected chi connectivity index (χ4v) is 4.84. The van der Waals surface area contributed by atoms with Crippen molar-refractivity contribution in [3.05, 3.63) is 76.2 Å². The van der Waals surface area contributed by atoms with E-state index < -0.39 is 17.2 Å². The Morgan fingerprint density at radius 3 is 2.38 bits per heavy atom. The average Bonchev–Trinajstić information content (AvgIpc) is 3.44. The molecule has 0 radical (unpaired) electrons. The number of nitrogens with one attached hydrogen (secondary N) is 1. The smallest absolute Gasteiger partial charge is 0.258 e. The highest BCUT2D eigenvalue weighted by molar-refractivity contribution is 5.94. The maximum atomic E-state index is 13.7. The highest BCUT2D eigenvalue weighted by atomic mass is 19.2. The molecule has 9 nitrogen and oxygen atoms in total. The number of aromatic amines is 1. The number of benzene rings is 2. The first-order valence-electron chi connectivity index (χ1n) is 13.2. The van der Waals surface area contributed by atoms with E-state index in [-0.39, 0.29) is 22.7 Å². The van der Waals surface area contributed by atoms with E-state index in [1.807, 2.05) is 4.90 Å². The van der Waals surface area contributed by atoms with E-state index in [9.17, 15) is 18.4 Å². The SMILES string of the molecule is CCN(CC)CCN1CCN(C(=O)c2ccc(-n3cc(-c4cc5cc(F)c(F)cc5[nH]c4=O)nn3)cc2)CC1. The molecule has 0 bridgehead atoms. The molecule has 0 spiro atoms. The van der Waals surface area contributed by atoms with Gasteiger partial charge in [0.2, 0.25) is 0 Å². The van der Waals surface area contributed by atoms with Crippen LogP contribution in [-0.4, -0.2) is 92.9 Å². The first kappa shape index (κ1) is 26.6. The number of hydrogen-bond acceptors (Lipinski definition) is 6. The largest absolute Gasteiger partial charge is 0.336 e. The summed E-state index contributed by atoms with van der Waals surface area (Å²) in [5.74, 6) is -2.04. The molecule has 11 heteroatoms. The van der Waals surface area contributed by atoms with Crippen molar-refractivity contribution in [1.82, 2.24) is 34.7 Å². The minimum atomic E-state index is -1.04. The van der Waals surface area contributed by atoms with Crippen LogP contribution in [0.2, 0.25) is 0 Å². The topological polar surface area (TPSA) is 90.4 Å². The van der Waals surface area contributed by atoms with Crippen LogP contribution >= 0.6 is 0 Å². The monoisotopic (exact) mass is 535 g/mol. The lowest BCUT2D eigenvalue weighted by Gasteiger charge is -2.35. The van der Waals surface area contributed by atoms with Gasteiger partial charge in [0.15, 0.2) is 11.6 Å². The Hall–Kier alpha value is -3.96. The Bertz CT molecular complexity index is 1520. The van der Waals surface area contributed by atoms with Gasteiger partial charge in [-0.2, -0.15) is 0 Å². The van der Waals surface area contributed by atoms with Gasteiger partial charge in [0, 0.05) is 56.3 Å². The van der Waals surface area contributed by atoms with E-state index in [2.05, 4.69) is 38.9 Å². The van der Waals surface area contributed by atoms with Crippen LogP contribution in [-0.2, 0) is 0 Å². The summed E-state index contributed by atoms with van der Waals surface area (Å²) < 4.78 is 28.7. The number of hydrogen-bond donors (Lipinski definition) is 1. The summed E-state index contributed by atoms with van der Waals surface area (Å²) in [5, 5.41) is 8.53. The molecule has 2 aromatic heterocycles. The summed E-state index contributed by atoms with van der Waals surface area (Å²) in [6.07, 6.45) is 1.57. The number of H-pyrrole nitrogens is 1. The Kier molecular flexibility index (Phi) is 7.80. The molecular weight excluding hydrogens is 504 g/mol. The van der Waals surface area contributed by atoms with E-state index in [1.165, 1.54) is 10.7 Å². The van der Waals surface area contributed by atoms with Crippen molar-refractivity contribution >= 4 is 16.8 Å². The van der Waals surface area contributed by atoms with Crippen LogP contribution in [0.15, 0.2) is 53.5 Å². The lowest BCUT2D eigenvalue weighted by Crippen LogP contribution is -2.50. The Balaban J connectivity index is 1.24. The van der Waals surface area contributed by atoms with Gasteiger partial charge in [-0.25, -0.2) is 13.5 Å². The highest BCUT2D eigenvalue weighted by Crippen LogP contribution is 2.21. The van der Waals surface area contributed by atoms with Crippen molar-refractivity contribution in [3.8, 4) is 16.9 Å². The average molecular weight is 536 g/mol. The van der Waals surface area contributed by atoms with Crippen LogP contribution in [0.3, 0.4) is 0 Å². The third kappa shape index (κ3) is 5.74. The number of likely N-dealkylation sites (N-methyl/N-ethyl adjacent to an activating group) is 1. The Morgan fingerprint density at radius 1 is 1.00 bits per heavy atom. The summed E-state index contributed by atoms with van der Waals surface area (Å²) in [6.45, 7) is 11.6. The highest BCUT2D eigenvalue weighted by Gasteiger charge is 2.22. The van der Waals surface area contributed by atoms with E-state index >= 15 is 0 Å². The molecule has 1 fully saturated rings. The molecule has 4 aromatic rings. The van der Waals surface area contributed by atoms with Gasteiger partial charge in [-0.3, -0.25) is 14.5 Å². The minimum Gasteiger partial charge on any atom is -0.336 e. The fraction of sp³-hybridized carbons (Fsp3) is 0.357. The molecule has 0 unspecified atom stereocenters. The molecule has 39 heavy (non-hydrogen) atoms. The maximum Gasteiger partial charge on any atom is 0.258 e. The summed E-state index contributed by atoms with van der Waals surface area (Å²) in [7, 11) is 0. The van der Waals surface area contributed by atoms with Crippen LogP contribution < -0.4 is 5.56 Å². The van der Waals surface area contributed by atoms with Gasteiger partial charge in [0.1, 0.15) is 5.69 Å². The van der Waals surface area contributed by atoms with Gasteiger partial charge in [-0.1, -0.05) is 19.1 Å². The van der Waals surface area contributed by atoms with Crippen LogP contribution in [0.4, 0.5) is 8.78 Å². The molecule has 1 aliphatic rings. The molecule has 1 N–H and O–H groups in total. The van der Waals surface area contributed by atoms with Gasteiger partial charge in [-0.05, 0) is 49.5 Å². The number of pyridine rings is 1. The normalized spacial score (nSPS) is 14.4. The zero-order valence-electron chi connectivity index (χ0n) is 22.0. The molecule has 1 aliphatic heterocycles. The summed E-state index contributed by atoms with van der Waals surface area (Å²) in [6, 6.07) is 10.5. The number of aromatic nitrogens is 4. The van der Waals surface area contributed by atoms with Crippen molar-refractivity contribution < 1.29 is 13.6 Å². The number of carbonyl (C=O) groups excluding carboxylic acids is 1. The van der Waals surface area contributed by atoms with Gasteiger partial charge in [0.05, 0.1) is 23.0 Å². The summed E-state index contributed by atoms with van der Waals surface area (Å²) in [5.41, 5.74) is 1.42. The number of piperazine rings is 1. The third-order valence-corrected chi connectivity index (χ3v) is 7.32. The van der Waals surface area contributed by atoms with Crippen LogP contribution in [0, 0.1) is 11.6 Å². The van der Waals surface area contributed by atoms with E-state index in [0.29, 0.717) is 29.7 Å². The van der Waals surface area contributed by atoms with Gasteiger partial charge < -0.3 is 14.8 Å². The lowest BCUT2D eigenvalue weighted by molar-refractivity contribution is 0.0625. The van der Waals surface area contributed by atoms with Crippen molar-refractivity contribution in [2.75, 3.05) is 52.4 Å². The zero-order chi connectivity index (χ0) is 27.5. The van der Waals surface area contributed by atoms with E-state index in [1.54, 1.807) is 30.5 Å². The van der Waals surface area contributed by atoms with Crippen molar-refractivity contribution in [1.29, 1.82) is 0 Å². The second-order valence-electron chi connectivity index (χ2n) is 9.62. The number of fused-ring (bicyclic) bond motifs is 1. The molecule has 3 heterocycles. The zero-order valence-corrected chi connectivity index (χ0v) is 22.0. The van der Waals surface area contributed by atoms with Gasteiger partial charge >= 0.3 is 0 Å². The van der Waals surface area contributed by atoms with Crippen molar-refractivity contribution in [3.63, 3.8) is 0 Å². The predicted octanol–water partition coefficient (Wildman–Crippen LogP) is 3.15. The molecule has 1 amide bonds. The fourth-order valence-electron chi connectivity index (χ4n) is 4.84. The van der Waals surface area contributed by atoms with Crippen molar-refractivity contribution in [2.45, 2.75) is 13.8 Å². The molecule has 5 rings (SSSR count). The molecule has 0 aliphatic carbocycles. The van der Waals surface area contributed by atoms with Crippen LogP contribution in [0.5, 0.6) is 0 Å². The number of rotatable bonds is 8. The molecule has 2 aromatic carbocycles. The second-order valence-corrected chi connectivity index (χ2v) is 9.62. The molecule has 1 saturated heterocycles. The van der Waals surface area contributed by atoms with Crippen molar-refractivity contribution in [2.24, 2.45) is 0 Å². The quantitative estimate of drug-likeness (QED) is 0.373. The van der Waals surface area contributed by atoms with Crippen LogP contribution in [0.1, 0.15) is 24.2 Å². The Morgan fingerprint density at radius 2 is 1.69 bits per heavy atom. The maximum absolute atomic E-state index is 13.7. The molecule has 0 saturated carbocycles. The number of nitrogens with zero attached hydrogens (tertiary/aromatic N) is 6. The van der Waals surface area contributed by atoms with Gasteiger partial charge in [-0.15, -0.1) is 5.10 Å². The Labute approximate surface area is 224 Å². The van der Waals surface area contributed by atoms with Crippen LogP contribution in [0.25, 0.3) is 27.8 Å². The predicted molar refractivity (Wildman–Crippen MR) is 145 cm³/mol. The van der Waals surface area contributed by atoms with E-state index in [4.69, 9.17) is 0 Å². The molecule has 0 atom stereocenters. The summed E-state index contributed by atoms with van der Waals surface area (Å²) in [4.78, 5) is 34.9.